The molecule has 2 heterocycles. The quantitative estimate of drug-likeness (QED) is 0.854. The number of hydrogen-bond acceptors (Lipinski definition) is 5. The Bertz CT molecular complexity index is 450. The van der Waals surface area contributed by atoms with Gasteiger partial charge >= 0.3 is 0 Å². The third kappa shape index (κ3) is 2.39. The maximum atomic E-state index is 12.1. The van der Waals surface area contributed by atoms with Crippen molar-refractivity contribution >= 4 is 34.8 Å². The van der Waals surface area contributed by atoms with E-state index in [0.717, 1.165) is 17.8 Å². The normalized spacial score (nSPS) is 19.4. The second kappa shape index (κ2) is 4.97. The van der Waals surface area contributed by atoms with Gasteiger partial charge in [-0.25, -0.2) is 0 Å². The minimum absolute atomic E-state index is 0.147. The molecule has 0 aliphatic carbocycles. The first-order valence-corrected chi connectivity index (χ1v) is 6.34. The van der Waals surface area contributed by atoms with Crippen LogP contribution in [0.3, 0.4) is 0 Å². The number of likely N-dealkylation sites (N-methyl/N-ethyl adjacent to an activating group) is 1. The largest absolute Gasteiger partial charge is 0.357 e. The highest BCUT2D eigenvalue weighted by atomic mass is 35.5. The van der Waals surface area contributed by atoms with Crippen LogP contribution in [-0.2, 0) is 4.79 Å². The fourth-order valence-electron chi connectivity index (χ4n) is 1.86. The molecule has 1 aromatic heterocycles. The summed E-state index contributed by atoms with van der Waals surface area (Å²) in [6, 6.07) is -0.407. The lowest BCUT2D eigenvalue weighted by Crippen LogP contribution is -2.44. The minimum atomic E-state index is -0.407. The maximum Gasteiger partial charge on any atom is 0.285 e. The minimum Gasteiger partial charge on any atom is -0.357 e. The van der Waals surface area contributed by atoms with E-state index in [-0.39, 0.29) is 21.3 Å². The van der Waals surface area contributed by atoms with Gasteiger partial charge < -0.3 is 10.2 Å². The summed E-state index contributed by atoms with van der Waals surface area (Å²) in [4.78, 5) is 25.2. The van der Waals surface area contributed by atoms with Crippen molar-refractivity contribution in [2.45, 2.75) is 18.9 Å². The first-order chi connectivity index (χ1) is 8.13. The van der Waals surface area contributed by atoms with Gasteiger partial charge in [0.05, 0.1) is 0 Å². The molecule has 0 saturated carbocycles. The Morgan fingerprint density at radius 3 is 2.88 bits per heavy atom. The van der Waals surface area contributed by atoms with E-state index >= 15 is 0 Å². The second-order valence-corrected chi connectivity index (χ2v) is 5.19. The first-order valence-electron chi connectivity index (χ1n) is 5.15. The fourth-order valence-corrected chi connectivity index (χ4v) is 2.65. The summed E-state index contributed by atoms with van der Waals surface area (Å²) in [5.74, 6) is -0.424. The fraction of sp³-hybridized carbons (Fsp3) is 0.556. The van der Waals surface area contributed by atoms with Crippen molar-refractivity contribution in [3.05, 3.63) is 9.47 Å². The Balaban J connectivity index is 2.16. The molecule has 6 nitrogen and oxygen atoms in total. The van der Waals surface area contributed by atoms with Gasteiger partial charge in [-0.05, 0) is 24.4 Å². The molecule has 8 heteroatoms. The van der Waals surface area contributed by atoms with Crippen molar-refractivity contribution in [3.63, 3.8) is 0 Å². The first kappa shape index (κ1) is 12.3. The summed E-state index contributed by atoms with van der Waals surface area (Å²) in [6.45, 7) is 0.564. The van der Waals surface area contributed by atoms with E-state index in [1.54, 1.807) is 7.05 Å². The number of halogens is 1. The van der Waals surface area contributed by atoms with E-state index in [1.807, 2.05) is 0 Å². The molecule has 92 valence electrons. The van der Waals surface area contributed by atoms with Crippen LogP contribution in [0.4, 0.5) is 0 Å². The smallest absolute Gasteiger partial charge is 0.285 e. The van der Waals surface area contributed by atoms with Crippen molar-refractivity contribution in [2.75, 3.05) is 13.6 Å². The van der Waals surface area contributed by atoms with E-state index in [0.29, 0.717) is 13.0 Å². The average Bonchev–Trinajstić information content (AvgIpc) is 2.95. The van der Waals surface area contributed by atoms with E-state index in [2.05, 4.69) is 15.5 Å². The van der Waals surface area contributed by atoms with Gasteiger partial charge in [0.1, 0.15) is 6.04 Å². The number of hydrogen-bond donors (Lipinski definition) is 1. The van der Waals surface area contributed by atoms with Crippen LogP contribution in [0, 0.1) is 0 Å². The van der Waals surface area contributed by atoms with Crippen LogP contribution in [0.5, 0.6) is 0 Å². The van der Waals surface area contributed by atoms with E-state index in [4.69, 9.17) is 11.6 Å². The number of nitrogens with one attached hydrogen (secondary N) is 1. The zero-order valence-corrected chi connectivity index (χ0v) is 10.7. The SMILES string of the molecule is CNC(=O)C1CCCN1C(=O)c1nnc(Cl)s1. The molecule has 2 rings (SSSR count). The number of carbonyl (C=O) groups is 2. The molecule has 1 fully saturated rings. The summed E-state index contributed by atoms with van der Waals surface area (Å²) in [7, 11) is 1.56. The van der Waals surface area contributed by atoms with Gasteiger partial charge in [-0.3, -0.25) is 9.59 Å². The van der Waals surface area contributed by atoms with Gasteiger partial charge in [0.25, 0.3) is 5.91 Å². The Morgan fingerprint density at radius 1 is 1.53 bits per heavy atom. The zero-order chi connectivity index (χ0) is 12.4. The highest BCUT2D eigenvalue weighted by molar-refractivity contribution is 7.17. The highest BCUT2D eigenvalue weighted by Crippen LogP contribution is 2.23. The molecule has 1 aromatic rings. The summed E-state index contributed by atoms with van der Waals surface area (Å²) >= 11 is 6.66. The lowest BCUT2D eigenvalue weighted by molar-refractivity contribution is -0.124. The van der Waals surface area contributed by atoms with E-state index < -0.39 is 6.04 Å². The number of carbonyl (C=O) groups excluding carboxylic acids is 2. The molecule has 0 radical (unpaired) electrons. The summed E-state index contributed by atoms with van der Waals surface area (Å²) in [6.07, 6.45) is 1.49. The third-order valence-corrected chi connectivity index (χ3v) is 3.65. The van der Waals surface area contributed by atoms with Crippen molar-refractivity contribution in [2.24, 2.45) is 0 Å². The Labute approximate surface area is 107 Å². The van der Waals surface area contributed by atoms with Crippen molar-refractivity contribution in [1.82, 2.24) is 20.4 Å². The Morgan fingerprint density at radius 2 is 2.29 bits per heavy atom. The molecule has 1 unspecified atom stereocenters. The summed E-state index contributed by atoms with van der Waals surface area (Å²) in [5.41, 5.74) is 0. The van der Waals surface area contributed by atoms with Gasteiger partial charge in [-0.15, -0.1) is 10.2 Å². The number of nitrogens with zero attached hydrogens (tertiary/aromatic N) is 3. The molecule has 0 spiro atoms. The lowest BCUT2D eigenvalue weighted by Gasteiger charge is -2.21. The molecule has 0 aromatic carbocycles. The van der Waals surface area contributed by atoms with Crippen LogP contribution in [0.25, 0.3) is 0 Å². The molecule has 1 N–H and O–H groups in total. The van der Waals surface area contributed by atoms with Gasteiger partial charge in [0.2, 0.25) is 15.4 Å². The second-order valence-electron chi connectivity index (χ2n) is 3.63. The predicted molar refractivity (Wildman–Crippen MR) is 63.0 cm³/mol. The predicted octanol–water partition coefficient (Wildman–Crippen LogP) is 0.542. The van der Waals surface area contributed by atoms with Crippen LogP contribution in [-0.4, -0.2) is 46.5 Å². The lowest BCUT2D eigenvalue weighted by atomic mass is 10.2. The van der Waals surface area contributed by atoms with Crippen LogP contribution in [0.2, 0.25) is 4.47 Å². The summed E-state index contributed by atoms with van der Waals surface area (Å²) < 4.78 is 0.226. The van der Waals surface area contributed by atoms with Crippen molar-refractivity contribution in [1.29, 1.82) is 0 Å². The molecule has 0 bridgehead atoms. The number of amides is 2. The van der Waals surface area contributed by atoms with E-state index in [9.17, 15) is 9.59 Å². The van der Waals surface area contributed by atoms with Gasteiger partial charge in [0, 0.05) is 13.6 Å². The average molecular weight is 275 g/mol. The topological polar surface area (TPSA) is 75.2 Å². The monoisotopic (exact) mass is 274 g/mol. The molecule has 1 atom stereocenters. The summed E-state index contributed by atoms with van der Waals surface area (Å²) in [5, 5.41) is 10.1. The van der Waals surface area contributed by atoms with Gasteiger partial charge in [0.15, 0.2) is 0 Å². The van der Waals surface area contributed by atoms with Crippen LogP contribution in [0.15, 0.2) is 0 Å². The molecule has 1 saturated heterocycles. The maximum absolute atomic E-state index is 12.1. The zero-order valence-electron chi connectivity index (χ0n) is 9.14. The number of aromatic nitrogens is 2. The van der Waals surface area contributed by atoms with Gasteiger partial charge in [-0.1, -0.05) is 11.3 Å². The van der Waals surface area contributed by atoms with Crippen LogP contribution < -0.4 is 5.32 Å². The molecular formula is C9H11ClN4O2S. The third-order valence-electron chi connectivity index (χ3n) is 2.65. The Hall–Kier alpha value is -1.21. The molecular weight excluding hydrogens is 264 g/mol. The van der Waals surface area contributed by atoms with Crippen molar-refractivity contribution < 1.29 is 9.59 Å². The molecule has 2 amide bonds. The number of likely N-dealkylation sites (tertiary alicyclic amines) is 1. The Kier molecular flexibility index (Phi) is 3.58. The highest BCUT2D eigenvalue weighted by Gasteiger charge is 2.35. The van der Waals surface area contributed by atoms with E-state index in [1.165, 1.54) is 4.90 Å². The molecule has 17 heavy (non-hydrogen) atoms. The standard InChI is InChI=1S/C9H11ClN4O2S/c1-11-6(15)5-3-2-4-14(5)8(16)7-12-13-9(10)17-7/h5H,2-4H2,1H3,(H,11,15). The van der Waals surface area contributed by atoms with Crippen LogP contribution in [0.1, 0.15) is 22.6 Å². The molecule has 1 aliphatic rings. The van der Waals surface area contributed by atoms with Gasteiger partial charge in [-0.2, -0.15) is 0 Å². The van der Waals surface area contributed by atoms with Crippen molar-refractivity contribution in [3.8, 4) is 0 Å². The molecule has 1 aliphatic heterocycles. The number of rotatable bonds is 2. The van der Waals surface area contributed by atoms with Crippen LogP contribution >= 0.6 is 22.9 Å².